The summed E-state index contributed by atoms with van der Waals surface area (Å²) in [4.78, 5) is 4.02. The minimum Gasteiger partial charge on any atom is -0.391 e. The van der Waals surface area contributed by atoms with Gasteiger partial charge in [-0.15, -0.1) is 11.3 Å². The zero-order valence-corrected chi connectivity index (χ0v) is 8.61. The summed E-state index contributed by atoms with van der Waals surface area (Å²) in [6, 6.07) is 0. The summed E-state index contributed by atoms with van der Waals surface area (Å²) in [7, 11) is 0. The van der Waals surface area contributed by atoms with E-state index in [2.05, 4.69) is 10.3 Å². The molecule has 0 aromatic carbocycles. The van der Waals surface area contributed by atoms with Crippen LogP contribution in [-0.2, 0) is 0 Å². The summed E-state index contributed by atoms with van der Waals surface area (Å²) in [5.41, 5.74) is 0. The second-order valence-corrected chi connectivity index (χ2v) is 4.71. The molecule has 0 aliphatic heterocycles. The minimum atomic E-state index is -0.236. The van der Waals surface area contributed by atoms with Gasteiger partial charge in [-0.1, -0.05) is 11.6 Å². The molecule has 0 amide bonds. The number of nitrogens with one attached hydrogen (secondary N) is 1. The van der Waals surface area contributed by atoms with E-state index in [1.807, 2.05) is 5.38 Å². The van der Waals surface area contributed by atoms with Crippen LogP contribution in [0.25, 0.3) is 0 Å². The monoisotopic (exact) mass is 218 g/mol. The van der Waals surface area contributed by atoms with Crippen molar-refractivity contribution in [3.63, 3.8) is 0 Å². The van der Waals surface area contributed by atoms with E-state index in [0.717, 1.165) is 18.7 Å². The maximum absolute atomic E-state index is 9.54. The van der Waals surface area contributed by atoms with Crippen LogP contribution in [0.2, 0.25) is 4.47 Å². The van der Waals surface area contributed by atoms with Gasteiger partial charge in [0.15, 0.2) is 4.47 Å². The van der Waals surface area contributed by atoms with Crippen LogP contribution in [0.1, 0.15) is 12.8 Å². The molecule has 1 aromatic heterocycles. The molecule has 5 heteroatoms. The van der Waals surface area contributed by atoms with Crippen LogP contribution in [0, 0.1) is 5.92 Å². The number of aliphatic hydroxyl groups excluding tert-OH is 1. The average Bonchev–Trinajstić information content (AvgIpc) is 2.87. The van der Waals surface area contributed by atoms with E-state index in [4.69, 9.17) is 11.6 Å². The largest absolute Gasteiger partial charge is 0.391 e. The van der Waals surface area contributed by atoms with Crippen LogP contribution < -0.4 is 5.32 Å². The lowest BCUT2D eigenvalue weighted by atomic mass is 10.2. The van der Waals surface area contributed by atoms with Crippen molar-refractivity contribution in [3.05, 3.63) is 9.85 Å². The van der Waals surface area contributed by atoms with E-state index in [9.17, 15) is 5.11 Å². The van der Waals surface area contributed by atoms with Crippen LogP contribution in [0.4, 0.5) is 5.82 Å². The quantitative estimate of drug-likeness (QED) is 0.813. The highest BCUT2D eigenvalue weighted by Gasteiger charge is 2.29. The summed E-state index contributed by atoms with van der Waals surface area (Å²) < 4.78 is 0.531. The van der Waals surface area contributed by atoms with Gasteiger partial charge in [-0.25, -0.2) is 4.98 Å². The molecule has 1 saturated carbocycles. The Morgan fingerprint density at radius 1 is 1.77 bits per heavy atom. The van der Waals surface area contributed by atoms with E-state index in [1.54, 1.807) is 0 Å². The van der Waals surface area contributed by atoms with Crippen molar-refractivity contribution in [1.29, 1.82) is 0 Å². The third kappa shape index (κ3) is 2.56. The van der Waals surface area contributed by atoms with Crippen LogP contribution >= 0.6 is 22.9 Å². The molecule has 1 aliphatic rings. The molecule has 1 aliphatic carbocycles. The zero-order valence-electron chi connectivity index (χ0n) is 7.03. The molecule has 1 unspecified atom stereocenters. The number of halogens is 1. The van der Waals surface area contributed by atoms with E-state index in [-0.39, 0.29) is 6.10 Å². The molecule has 1 fully saturated rings. The van der Waals surface area contributed by atoms with Crippen molar-refractivity contribution in [2.24, 2.45) is 5.92 Å². The molecule has 13 heavy (non-hydrogen) atoms. The Bertz CT molecular complexity index is 287. The first-order valence-electron chi connectivity index (χ1n) is 4.28. The summed E-state index contributed by atoms with van der Waals surface area (Å²) in [5.74, 6) is 1.26. The molecule has 1 aromatic rings. The van der Waals surface area contributed by atoms with E-state index in [1.165, 1.54) is 11.3 Å². The highest BCUT2D eigenvalue weighted by Crippen LogP contribution is 2.32. The Hall–Kier alpha value is -0.320. The number of aliphatic hydroxyl groups is 1. The lowest BCUT2D eigenvalue weighted by Crippen LogP contribution is -2.21. The molecule has 0 radical (unpaired) electrons. The number of anilines is 1. The smallest absolute Gasteiger partial charge is 0.185 e. The normalized spacial score (nSPS) is 18.6. The van der Waals surface area contributed by atoms with Crippen molar-refractivity contribution >= 4 is 28.8 Å². The van der Waals surface area contributed by atoms with E-state index >= 15 is 0 Å². The molecule has 0 spiro atoms. The third-order valence-electron chi connectivity index (χ3n) is 2.13. The molecular formula is C8H11ClN2OS. The standard InChI is InChI=1S/C8H11ClN2OS/c9-8-11-7(4-13-8)10-3-6(12)5-1-2-5/h4-6,10,12H,1-3H2. The fraction of sp³-hybridized carbons (Fsp3) is 0.625. The minimum absolute atomic E-state index is 0.236. The predicted molar refractivity (Wildman–Crippen MR) is 54.3 cm³/mol. The van der Waals surface area contributed by atoms with Gasteiger partial charge in [-0.3, -0.25) is 0 Å². The SMILES string of the molecule is OC(CNc1csc(Cl)n1)C1CC1. The van der Waals surface area contributed by atoms with Crippen LogP contribution in [0.15, 0.2) is 5.38 Å². The second-order valence-electron chi connectivity index (χ2n) is 3.27. The van der Waals surface area contributed by atoms with Gasteiger partial charge in [0.25, 0.3) is 0 Å². The Labute approximate surface area is 85.8 Å². The number of hydrogen-bond acceptors (Lipinski definition) is 4. The molecule has 2 N–H and O–H groups in total. The molecule has 1 heterocycles. The van der Waals surface area contributed by atoms with Gasteiger partial charge >= 0.3 is 0 Å². The Balaban J connectivity index is 1.78. The van der Waals surface area contributed by atoms with Gasteiger partial charge in [0.1, 0.15) is 5.82 Å². The van der Waals surface area contributed by atoms with Gasteiger partial charge in [0.2, 0.25) is 0 Å². The van der Waals surface area contributed by atoms with Gasteiger partial charge in [0, 0.05) is 11.9 Å². The second kappa shape index (κ2) is 3.82. The van der Waals surface area contributed by atoms with Gasteiger partial charge in [0.05, 0.1) is 6.10 Å². The van der Waals surface area contributed by atoms with Gasteiger partial charge in [-0.2, -0.15) is 0 Å². The lowest BCUT2D eigenvalue weighted by molar-refractivity contribution is 0.164. The molecule has 72 valence electrons. The summed E-state index contributed by atoms with van der Waals surface area (Å²) in [6.45, 7) is 0.574. The molecular weight excluding hydrogens is 208 g/mol. The molecule has 0 saturated heterocycles. The van der Waals surface area contributed by atoms with Crippen molar-refractivity contribution in [2.45, 2.75) is 18.9 Å². The van der Waals surface area contributed by atoms with E-state index < -0.39 is 0 Å². The van der Waals surface area contributed by atoms with Crippen molar-refractivity contribution in [1.82, 2.24) is 4.98 Å². The first-order chi connectivity index (χ1) is 6.25. The zero-order chi connectivity index (χ0) is 9.26. The topological polar surface area (TPSA) is 45.1 Å². The predicted octanol–water partition coefficient (Wildman–Crippen LogP) is 1.98. The fourth-order valence-electron chi connectivity index (χ4n) is 1.19. The van der Waals surface area contributed by atoms with Crippen LogP contribution in [-0.4, -0.2) is 22.7 Å². The van der Waals surface area contributed by atoms with Crippen molar-refractivity contribution in [2.75, 3.05) is 11.9 Å². The number of rotatable bonds is 4. The van der Waals surface area contributed by atoms with E-state index in [0.29, 0.717) is 16.9 Å². The maximum Gasteiger partial charge on any atom is 0.185 e. The number of nitrogens with zero attached hydrogens (tertiary/aromatic N) is 1. The fourth-order valence-corrected chi connectivity index (χ4v) is 1.91. The first-order valence-corrected chi connectivity index (χ1v) is 5.54. The molecule has 0 bridgehead atoms. The summed E-state index contributed by atoms with van der Waals surface area (Å²) >= 11 is 7.05. The third-order valence-corrected chi connectivity index (χ3v) is 3.11. The Morgan fingerprint density at radius 3 is 3.08 bits per heavy atom. The Morgan fingerprint density at radius 2 is 2.54 bits per heavy atom. The van der Waals surface area contributed by atoms with Crippen molar-refractivity contribution < 1.29 is 5.11 Å². The maximum atomic E-state index is 9.54. The number of thiazole rings is 1. The number of aromatic nitrogens is 1. The lowest BCUT2D eigenvalue weighted by Gasteiger charge is -2.08. The average molecular weight is 219 g/mol. The van der Waals surface area contributed by atoms with Gasteiger partial charge < -0.3 is 10.4 Å². The van der Waals surface area contributed by atoms with Crippen LogP contribution in [0.5, 0.6) is 0 Å². The van der Waals surface area contributed by atoms with Gasteiger partial charge in [-0.05, 0) is 18.8 Å². The Kier molecular flexibility index (Phi) is 2.71. The number of hydrogen-bond donors (Lipinski definition) is 2. The summed E-state index contributed by atoms with van der Waals surface area (Å²) in [5, 5.41) is 14.4. The molecule has 3 nitrogen and oxygen atoms in total. The summed E-state index contributed by atoms with van der Waals surface area (Å²) in [6.07, 6.45) is 2.07. The van der Waals surface area contributed by atoms with Crippen molar-refractivity contribution in [3.8, 4) is 0 Å². The van der Waals surface area contributed by atoms with Crippen LogP contribution in [0.3, 0.4) is 0 Å². The highest BCUT2D eigenvalue weighted by atomic mass is 35.5. The molecule has 1 atom stereocenters. The first kappa shape index (κ1) is 9.24. The highest BCUT2D eigenvalue weighted by molar-refractivity contribution is 7.14. The molecule has 2 rings (SSSR count).